The molecule has 7 nitrogen and oxygen atoms in total. The molecular formula is C26H32F5N5O2S. The second kappa shape index (κ2) is 11.6. The number of rotatable bonds is 7. The molecule has 3 atom stereocenters. The normalized spacial score (nSPS) is 23.6. The van der Waals surface area contributed by atoms with E-state index < -0.39 is 51.7 Å². The topological polar surface area (TPSA) is 102 Å². The van der Waals surface area contributed by atoms with Gasteiger partial charge in [-0.15, -0.1) is 0 Å². The zero-order valence-corrected chi connectivity index (χ0v) is 23.1. The average molecular weight is 574 g/mol. The number of nitrogens with one attached hydrogen (secondary N) is 1. The molecule has 2 unspecified atom stereocenters. The first-order valence-corrected chi connectivity index (χ1v) is 13.6. The van der Waals surface area contributed by atoms with Crippen molar-refractivity contribution in [2.45, 2.75) is 68.9 Å². The van der Waals surface area contributed by atoms with E-state index in [4.69, 9.17) is 15.1 Å². The van der Waals surface area contributed by atoms with Crippen LogP contribution in [0, 0.1) is 5.82 Å². The third-order valence-corrected chi connectivity index (χ3v) is 9.45. The molecule has 1 aromatic heterocycles. The van der Waals surface area contributed by atoms with Gasteiger partial charge in [-0.25, -0.2) is 18.2 Å². The number of fused-ring (bicyclic) bond motifs is 1. The summed E-state index contributed by atoms with van der Waals surface area (Å²) in [5.74, 6) is -5.28. The van der Waals surface area contributed by atoms with Gasteiger partial charge in [-0.1, -0.05) is 24.5 Å². The molecule has 2 aliphatic rings. The van der Waals surface area contributed by atoms with Crippen LogP contribution in [0.2, 0.25) is 0 Å². The van der Waals surface area contributed by atoms with Crippen molar-refractivity contribution in [3.63, 3.8) is 0 Å². The van der Waals surface area contributed by atoms with E-state index >= 15 is 4.39 Å². The average Bonchev–Trinajstić information content (AvgIpc) is 3.41. The summed E-state index contributed by atoms with van der Waals surface area (Å²) in [6.07, 6.45) is -2.17. The van der Waals surface area contributed by atoms with E-state index in [1.807, 2.05) is 34.6 Å². The summed E-state index contributed by atoms with van der Waals surface area (Å²) in [5.41, 5.74) is 5.79. The molecule has 2 aliphatic heterocycles. The van der Waals surface area contributed by atoms with Crippen LogP contribution in [0.25, 0.3) is 0 Å². The summed E-state index contributed by atoms with van der Waals surface area (Å²) in [5, 5.41) is 2.58. The maximum atomic E-state index is 15.1. The number of pyridine rings is 1. The van der Waals surface area contributed by atoms with E-state index in [1.54, 1.807) is 0 Å². The van der Waals surface area contributed by atoms with Crippen molar-refractivity contribution in [1.29, 1.82) is 0 Å². The standard InChI is InChI=1S/C24H26F5N5O2S.C2H6/c1-22(2)21(30)34-23(3,18-8-9-32-37(18)22)15-10-13(4-6-16(15)25)33-19(35)17-7-5-14(11-31-17)36-12-24(28,29)20(26)27;1-2/h4-7,10-11,18,20H,8-9,12H2,1-3H3,(H2,30,34)(H,33,35);1-2H3/t18?,23-,37?;/m1./s1. The maximum Gasteiger partial charge on any atom is 0.340 e. The first kappa shape index (κ1) is 30.5. The highest BCUT2D eigenvalue weighted by atomic mass is 32.2. The van der Waals surface area contributed by atoms with Crippen molar-refractivity contribution < 1.29 is 31.5 Å². The highest BCUT2D eigenvalue weighted by Crippen LogP contribution is 2.46. The lowest BCUT2D eigenvalue weighted by molar-refractivity contribution is -0.148. The van der Waals surface area contributed by atoms with Gasteiger partial charge in [0.05, 0.1) is 10.9 Å². The van der Waals surface area contributed by atoms with E-state index in [1.165, 1.54) is 24.3 Å². The van der Waals surface area contributed by atoms with Crippen LogP contribution < -0.4 is 15.8 Å². The molecule has 0 aliphatic carbocycles. The fraction of sp³-hybridized carbons (Fsp3) is 0.500. The summed E-state index contributed by atoms with van der Waals surface area (Å²) in [7, 11) is -0.459. The Morgan fingerprint density at radius 1 is 1.23 bits per heavy atom. The Morgan fingerprint density at radius 3 is 2.54 bits per heavy atom. The van der Waals surface area contributed by atoms with Crippen LogP contribution >= 0.6 is 0 Å². The summed E-state index contributed by atoms with van der Waals surface area (Å²) in [4.78, 5) is 21.3. The van der Waals surface area contributed by atoms with Crippen LogP contribution in [0.15, 0.2) is 45.9 Å². The molecule has 0 spiro atoms. The van der Waals surface area contributed by atoms with Gasteiger partial charge < -0.3 is 15.8 Å². The number of ether oxygens (including phenoxy) is 1. The van der Waals surface area contributed by atoms with Crippen molar-refractivity contribution in [3.05, 3.63) is 53.6 Å². The van der Waals surface area contributed by atoms with Gasteiger partial charge in [-0.05, 0) is 57.5 Å². The van der Waals surface area contributed by atoms with Crippen LogP contribution in [0.1, 0.15) is 57.1 Å². The summed E-state index contributed by atoms with van der Waals surface area (Å²) >= 11 is 0. The molecule has 39 heavy (non-hydrogen) atoms. The second-order valence-electron chi connectivity index (χ2n) is 9.48. The lowest BCUT2D eigenvalue weighted by atomic mass is 9.85. The molecule has 214 valence electrons. The van der Waals surface area contributed by atoms with Gasteiger partial charge in [0.25, 0.3) is 5.91 Å². The Morgan fingerprint density at radius 2 is 1.92 bits per heavy atom. The summed E-state index contributed by atoms with van der Waals surface area (Å²) < 4.78 is 74.7. The molecular weight excluding hydrogens is 541 g/mol. The van der Waals surface area contributed by atoms with Crippen LogP contribution in [-0.2, 0) is 16.2 Å². The predicted molar refractivity (Wildman–Crippen MR) is 143 cm³/mol. The van der Waals surface area contributed by atoms with E-state index in [9.17, 15) is 22.4 Å². The molecule has 0 fully saturated rings. The Kier molecular flexibility index (Phi) is 9.03. The number of anilines is 1. The lowest BCUT2D eigenvalue weighted by Crippen LogP contribution is -2.55. The molecule has 13 heteroatoms. The minimum absolute atomic E-state index is 0.0538. The maximum absolute atomic E-state index is 15.1. The molecule has 2 aromatic rings. The number of hydrogen-bond acceptors (Lipinski definition) is 6. The predicted octanol–water partition coefficient (Wildman–Crippen LogP) is 5.72. The summed E-state index contributed by atoms with van der Waals surface area (Å²) in [6.45, 7) is 8.89. The van der Waals surface area contributed by atoms with Gasteiger partial charge in [0.1, 0.15) is 28.6 Å². The number of carbonyl (C=O) groups is 1. The van der Waals surface area contributed by atoms with Crippen LogP contribution in [0.4, 0.5) is 27.6 Å². The smallest absolute Gasteiger partial charge is 0.340 e. The number of aliphatic imine (C=N–C) groups is 1. The number of benzene rings is 1. The van der Waals surface area contributed by atoms with E-state index in [2.05, 4.69) is 15.0 Å². The molecule has 4 rings (SSSR count). The number of hydrogen-bond donors (Lipinski definition) is 2. The number of alkyl halides is 4. The van der Waals surface area contributed by atoms with Crippen molar-refractivity contribution >= 4 is 28.1 Å². The number of aromatic nitrogens is 1. The lowest BCUT2D eigenvalue weighted by Gasteiger charge is -2.44. The Hall–Kier alpha value is -3.09. The number of halogens is 5. The molecule has 1 aromatic carbocycles. The highest BCUT2D eigenvalue weighted by Gasteiger charge is 2.51. The Bertz CT molecular complexity index is 1270. The van der Waals surface area contributed by atoms with Crippen molar-refractivity contribution in [2.75, 3.05) is 18.5 Å². The number of amides is 1. The Labute approximate surface area is 226 Å². The first-order valence-electron chi connectivity index (χ1n) is 12.4. The molecule has 3 heterocycles. The van der Waals surface area contributed by atoms with Gasteiger partial charge in [0.2, 0.25) is 0 Å². The number of nitrogens with two attached hydrogens (primary N) is 1. The molecule has 0 radical (unpaired) electrons. The zero-order chi connectivity index (χ0) is 29.2. The number of amidine groups is 1. The van der Waals surface area contributed by atoms with Crippen molar-refractivity contribution in [3.8, 4) is 5.75 Å². The SMILES string of the molecule is CC.CC1(C)C(N)=N[C@](C)(c2cc(NC(=O)c3ccc(OCC(F)(F)C(F)F)cn3)ccc2F)C2CCN=S21. The summed E-state index contributed by atoms with van der Waals surface area (Å²) in [6, 6.07) is 6.48. The minimum Gasteiger partial charge on any atom is -0.485 e. The molecule has 0 saturated heterocycles. The molecule has 0 saturated carbocycles. The van der Waals surface area contributed by atoms with Gasteiger partial charge in [-0.3, -0.25) is 14.1 Å². The molecule has 1 amide bonds. The monoisotopic (exact) mass is 573 g/mol. The van der Waals surface area contributed by atoms with E-state index in [0.717, 1.165) is 18.7 Å². The van der Waals surface area contributed by atoms with Crippen molar-refractivity contribution in [1.82, 2.24) is 4.98 Å². The number of carbonyl (C=O) groups excluding carboxylic acids is 1. The molecule has 0 bridgehead atoms. The third-order valence-electron chi connectivity index (χ3n) is 6.50. The van der Waals surface area contributed by atoms with Gasteiger partial charge in [0, 0.05) is 23.0 Å². The van der Waals surface area contributed by atoms with Gasteiger partial charge in [0.15, 0.2) is 6.61 Å². The van der Waals surface area contributed by atoms with Crippen LogP contribution in [0.3, 0.4) is 0 Å². The van der Waals surface area contributed by atoms with E-state index in [-0.39, 0.29) is 27.9 Å². The largest absolute Gasteiger partial charge is 0.485 e. The van der Waals surface area contributed by atoms with Crippen LogP contribution in [0.5, 0.6) is 5.75 Å². The molecule has 3 N–H and O–H groups in total. The fourth-order valence-electron chi connectivity index (χ4n) is 4.31. The van der Waals surface area contributed by atoms with E-state index in [0.29, 0.717) is 12.4 Å². The second-order valence-corrected chi connectivity index (χ2v) is 12.0. The minimum atomic E-state index is -4.32. The quantitative estimate of drug-likeness (QED) is 0.414. The first-order chi connectivity index (χ1) is 18.3. The van der Waals surface area contributed by atoms with Crippen LogP contribution in [-0.4, -0.2) is 52.2 Å². The van der Waals surface area contributed by atoms with Gasteiger partial charge >= 0.3 is 12.3 Å². The fourth-order valence-corrected chi connectivity index (χ4v) is 7.03. The third kappa shape index (κ3) is 6.07. The Balaban J connectivity index is 0.00000205. The highest BCUT2D eigenvalue weighted by molar-refractivity contribution is 7.90. The van der Waals surface area contributed by atoms with Gasteiger partial charge in [-0.2, -0.15) is 8.78 Å². The zero-order valence-electron chi connectivity index (χ0n) is 22.3. The van der Waals surface area contributed by atoms with Crippen molar-refractivity contribution in [2.24, 2.45) is 15.1 Å². The number of nitrogens with zero attached hydrogens (tertiary/aromatic N) is 3.